The van der Waals surface area contributed by atoms with Gasteiger partial charge in [-0.3, -0.25) is 25.0 Å². The molecule has 0 spiro atoms. The molecule has 1 amide bonds. The number of benzene rings is 2. The minimum absolute atomic E-state index is 0.00267. The van der Waals surface area contributed by atoms with E-state index in [9.17, 15) is 33.4 Å². The Morgan fingerprint density at radius 3 is 2.21 bits per heavy atom. The van der Waals surface area contributed by atoms with E-state index in [1.165, 1.54) is 24.3 Å². The van der Waals surface area contributed by atoms with Crippen LogP contribution in [-0.4, -0.2) is 30.2 Å². The Hall–Kier alpha value is -3.38. The maximum atomic E-state index is 12.4. The molecule has 11 nitrogen and oxygen atoms in total. The first-order valence-electron chi connectivity index (χ1n) is 8.41. The summed E-state index contributed by atoms with van der Waals surface area (Å²) in [6, 6.07) is 7.65. The Kier molecular flexibility index (Phi) is 6.61. The predicted octanol–water partition coefficient (Wildman–Crippen LogP) is 2.83. The maximum absolute atomic E-state index is 12.4. The van der Waals surface area contributed by atoms with Crippen LogP contribution in [0.4, 0.5) is 17.1 Å². The van der Waals surface area contributed by atoms with Crippen LogP contribution in [0.1, 0.15) is 30.6 Å². The summed E-state index contributed by atoms with van der Waals surface area (Å²) < 4.78 is 27.0. The lowest BCUT2D eigenvalue weighted by Crippen LogP contribution is -2.31. The minimum Gasteiger partial charge on any atom is -0.322 e. The second-order valence-electron chi connectivity index (χ2n) is 6.12. The number of rotatable bonds is 8. The van der Waals surface area contributed by atoms with Gasteiger partial charge in [-0.2, -0.15) is 0 Å². The van der Waals surface area contributed by atoms with Crippen molar-refractivity contribution in [1.29, 1.82) is 0 Å². The Morgan fingerprint density at radius 1 is 1.07 bits per heavy atom. The number of anilines is 1. The number of nitro benzene ring substituents is 2. The molecular formula is C17H18N4O7S. The first-order valence-corrected chi connectivity index (χ1v) is 9.90. The molecule has 0 fully saturated rings. The van der Waals surface area contributed by atoms with E-state index in [0.29, 0.717) is 12.5 Å². The standard InChI is InChI=1S/C17H18N4O7S/c1-3-11(2)19-29(27,28)14-7-4-12(5-8-14)18-17(22)15-9-6-13(20(23)24)10-16(15)21(25)26/h4-11,19H,3H2,1-2H3,(H,18,22). The zero-order chi connectivity index (χ0) is 21.8. The molecule has 0 heterocycles. The van der Waals surface area contributed by atoms with Crippen molar-refractivity contribution in [3.63, 3.8) is 0 Å². The van der Waals surface area contributed by atoms with Crippen molar-refractivity contribution in [3.05, 3.63) is 68.3 Å². The second-order valence-corrected chi connectivity index (χ2v) is 7.84. The summed E-state index contributed by atoms with van der Waals surface area (Å²) in [4.78, 5) is 32.6. The number of nitro groups is 2. The molecule has 0 radical (unpaired) electrons. The number of nitrogens with zero attached hydrogens (tertiary/aromatic N) is 2. The molecular weight excluding hydrogens is 404 g/mol. The van der Waals surface area contributed by atoms with Crippen molar-refractivity contribution in [1.82, 2.24) is 4.72 Å². The average molecular weight is 422 g/mol. The van der Waals surface area contributed by atoms with Crippen LogP contribution in [0.25, 0.3) is 0 Å². The molecule has 0 aliphatic heterocycles. The highest BCUT2D eigenvalue weighted by Gasteiger charge is 2.24. The molecule has 1 unspecified atom stereocenters. The Bertz CT molecular complexity index is 1050. The summed E-state index contributed by atoms with van der Waals surface area (Å²) in [5.74, 6) is -0.861. The van der Waals surface area contributed by atoms with Gasteiger partial charge in [0, 0.05) is 17.8 Å². The lowest BCUT2D eigenvalue weighted by molar-refractivity contribution is -0.394. The fourth-order valence-corrected chi connectivity index (χ4v) is 3.64. The molecule has 12 heteroatoms. The lowest BCUT2D eigenvalue weighted by atomic mass is 10.1. The number of carbonyl (C=O) groups is 1. The fraction of sp³-hybridized carbons (Fsp3) is 0.235. The van der Waals surface area contributed by atoms with Gasteiger partial charge < -0.3 is 5.32 Å². The highest BCUT2D eigenvalue weighted by Crippen LogP contribution is 2.25. The number of sulfonamides is 1. The summed E-state index contributed by atoms with van der Waals surface area (Å²) >= 11 is 0. The quantitative estimate of drug-likeness (QED) is 0.488. The molecule has 29 heavy (non-hydrogen) atoms. The van der Waals surface area contributed by atoms with Crippen LogP contribution in [0.15, 0.2) is 47.4 Å². The number of amides is 1. The SMILES string of the molecule is CCC(C)NS(=O)(=O)c1ccc(NC(=O)c2ccc([N+](=O)[O-])cc2[N+](=O)[O-])cc1. The van der Waals surface area contributed by atoms with Crippen molar-refractivity contribution in [3.8, 4) is 0 Å². The Balaban J connectivity index is 2.24. The molecule has 0 bridgehead atoms. The first-order chi connectivity index (χ1) is 13.5. The van der Waals surface area contributed by atoms with E-state index in [-0.39, 0.29) is 22.2 Å². The van der Waals surface area contributed by atoms with Gasteiger partial charge in [0.1, 0.15) is 5.56 Å². The van der Waals surface area contributed by atoms with Crippen LogP contribution in [0.5, 0.6) is 0 Å². The van der Waals surface area contributed by atoms with Gasteiger partial charge in [0.25, 0.3) is 17.3 Å². The summed E-state index contributed by atoms with van der Waals surface area (Å²) in [6.07, 6.45) is 0.612. The lowest BCUT2D eigenvalue weighted by Gasteiger charge is -2.12. The number of hydrogen-bond acceptors (Lipinski definition) is 7. The smallest absolute Gasteiger partial charge is 0.289 e. The summed E-state index contributed by atoms with van der Waals surface area (Å²) in [7, 11) is -3.72. The van der Waals surface area contributed by atoms with E-state index in [2.05, 4.69) is 10.0 Å². The Morgan fingerprint density at radius 2 is 1.69 bits per heavy atom. The van der Waals surface area contributed by atoms with E-state index in [4.69, 9.17) is 0 Å². The van der Waals surface area contributed by atoms with Crippen LogP contribution >= 0.6 is 0 Å². The van der Waals surface area contributed by atoms with Crippen LogP contribution in [0, 0.1) is 20.2 Å². The molecule has 0 aliphatic rings. The first kappa shape index (κ1) is 21.9. The van der Waals surface area contributed by atoms with Gasteiger partial charge in [0.15, 0.2) is 0 Å². The molecule has 2 aromatic carbocycles. The van der Waals surface area contributed by atoms with E-state index >= 15 is 0 Å². The normalized spacial score (nSPS) is 12.2. The van der Waals surface area contributed by atoms with Crippen LogP contribution < -0.4 is 10.0 Å². The van der Waals surface area contributed by atoms with Crippen LogP contribution in [-0.2, 0) is 10.0 Å². The van der Waals surface area contributed by atoms with Gasteiger partial charge in [-0.25, -0.2) is 13.1 Å². The topological polar surface area (TPSA) is 162 Å². The van der Waals surface area contributed by atoms with E-state index < -0.39 is 37.2 Å². The number of non-ortho nitro benzene ring substituents is 1. The molecule has 2 aromatic rings. The molecule has 2 rings (SSSR count). The zero-order valence-electron chi connectivity index (χ0n) is 15.5. The highest BCUT2D eigenvalue weighted by atomic mass is 32.2. The zero-order valence-corrected chi connectivity index (χ0v) is 16.3. The third-order valence-electron chi connectivity index (χ3n) is 4.02. The second kappa shape index (κ2) is 8.75. The third kappa shape index (κ3) is 5.33. The highest BCUT2D eigenvalue weighted by molar-refractivity contribution is 7.89. The van der Waals surface area contributed by atoms with E-state index in [1.54, 1.807) is 6.92 Å². The number of hydrogen-bond donors (Lipinski definition) is 2. The van der Waals surface area contributed by atoms with Crippen molar-refractivity contribution < 1.29 is 23.1 Å². The van der Waals surface area contributed by atoms with Gasteiger partial charge in [0.2, 0.25) is 10.0 Å². The van der Waals surface area contributed by atoms with Crippen molar-refractivity contribution in [2.75, 3.05) is 5.32 Å². The van der Waals surface area contributed by atoms with Crippen molar-refractivity contribution in [2.24, 2.45) is 0 Å². The van der Waals surface area contributed by atoms with Crippen molar-refractivity contribution >= 4 is 33.0 Å². The Labute approximate surface area is 166 Å². The average Bonchev–Trinajstić information content (AvgIpc) is 2.67. The number of nitrogens with one attached hydrogen (secondary N) is 2. The largest absolute Gasteiger partial charge is 0.322 e. The van der Waals surface area contributed by atoms with Gasteiger partial charge >= 0.3 is 0 Å². The summed E-state index contributed by atoms with van der Waals surface area (Å²) in [5, 5.41) is 24.3. The molecule has 154 valence electrons. The maximum Gasteiger partial charge on any atom is 0.289 e. The third-order valence-corrected chi connectivity index (χ3v) is 5.63. The predicted molar refractivity (Wildman–Crippen MR) is 104 cm³/mol. The molecule has 0 saturated heterocycles. The summed E-state index contributed by atoms with van der Waals surface area (Å²) in [6.45, 7) is 3.56. The van der Waals surface area contributed by atoms with Crippen molar-refractivity contribution in [2.45, 2.75) is 31.2 Å². The van der Waals surface area contributed by atoms with Gasteiger partial charge in [0.05, 0.1) is 20.8 Å². The molecule has 0 aliphatic carbocycles. The molecule has 0 aromatic heterocycles. The van der Waals surface area contributed by atoms with Crippen LogP contribution in [0.3, 0.4) is 0 Å². The minimum atomic E-state index is -3.72. The molecule has 0 saturated carbocycles. The van der Waals surface area contributed by atoms with Crippen LogP contribution in [0.2, 0.25) is 0 Å². The molecule has 2 N–H and O–H groups in total. The van der Waals surface area contributed by atoms with E-state index in [1.807, 2.05) is 6.92 Å². The van der Waals surface area contributed by atoms with Gasteiger partial charge in [-0.05, 0) is 43.7 Å². The number of carbonyl (C=O) groups excluding carboxylic acids is 1. The van der Waals surface area contributed by atoms with Gasteiger partial charge in [-0.1, -0.05) is 6.92 Å². The van der Waals surface area contributed by atoms with Gasteiger partial charge in [-0.15, -0.1) is 0 Å². The van der Waals surface area contributed by atoms with E-state index in [0.717, 1.165) is 12.1 Å². The summed E-state index contributed by atoms with van der Waals surface area (Å²) in [5.41, 5.74) is -1.40. The monoisotopic (exact) mass is 422 g/mol. The molecule has 1 atom stereocenters. The fourth-order valence-electron chi connectivity index (χ4n) is 2.31.